The van der Waals surface area contributed by atoms with Crippen molar-refractivity contribution < 1.29 is 4.92 Å². The summed E-state index contributed by atoms with van der Waals surface area (Å²) < 4.78 is 0. The van der Waals surface area contributed by atoms with E-state index in [-0.39, 0.29) is 10.6 Å². The topological polar surface area (TPSA) is 43.1 Å². The maximum atomic E-state index is 11.5. The molecule has 0 N–H and O–H groups in total. The molecule has 0 bridgehead atoms. The fraction of sp³-hybridized carbons (Fsp3) is 0.520. The quantitative estimate of drug-likeness (QED) is 0.268. The second-order valence-electron chi connectivity index (χ2n) is 8.30. The number of hydrogen-bond acceptors (Lipinski definition) is 2. The zero-order chi connectivity index (χ0) is 19.9. The molecule has 1 saturated carbocycles. The number of nitrogens with zero attached hydrogens (tertiary/aromatic N) is 1. The first-order valence-corrected chi connectivity index (χ1v) is 11.0. The normalized spacial score (nSPS) is 19.5. The van der Waals surface area contributed by atoms with Gasteiger partial charge in [-0.15, -0.1) is 0 Å². The van der Waals surface area contributed by atoms with Crippen LogP contribution in [0.25, 0.3) is 11.1 Å². The average molecular weight is 380 g/mol. The van der Waals surface area contributed by atoms with Crippen LogP contribution in [0.3, 0.4) is 0 Å². The van der Waals surface area contributed by atoms with Gasteiger partial charge in [-0.25, -0.2) is 0 Å². The van der Waals surface area contributed by atoms with Crippen molar-refractivity contribution in [1.29, 1.82) is 0 Å². The SMILES string of the molecule is CCCCCC1CCC(c2ccc(-c3ccc(CC)cc3[N+](=O)[O-])cc2)CC1. The van der Waals surface area contributed by atoms with Crippen LogP contribution in [0.2, 0.25) is 0 Å². The summed E-state index contributed by atoms with van der Waals surface area (Å²) in [6, 6.07) is 14.1. The van der Waals surface area contributed by atoms with E-state index in [0.29, 0.717) is 11.5 Å². The summed E-state index contributed by atoms with van der Waals surface area (Å²) >= 11 is 0. The molecule has 0 heterocycles. The highest BCUT2D eigenvalue weighted by Gasteiger charge is 2.22. The third kappa shape index (κ3) is 5.01. The minimum atomic E-state index is -0.262. The molecule has 28 heavy (non-hydrogen) atoms. The summed E-state index contributed by atoms with van der Waals surface area (Å²) in [6.45, 7) is 4.29. The molecule has 0 spiro atoms. The molecule has 0 amide bonds. The number of nitro benzene ring substituents is 1. The molecule has 0 aromatic heterocycles. The Balaban J connectivity index is 1.67. The number of unbranched alkanes of at least 4 members (excludes halogenated alkanes) is 2. The maximum Gasteiger partial charge on any atom is 0.277 e. The van der Waals surface area contributed by atoms with Crippen molar-refractivity contribution in [3.05, 3.63) is 63.7 Å². The van der Waals surface area contributed by atoms with Crippen LogP contribution in [0.1, 0.15) is 82.3 Å². The van der Waals surface area contributed by atoms with Crippen molar-refractivity contribution >= 4 is 5.69 Å². The number of benzene rings is 2. The monoisotopic (exact) mass is 379 g/mol. The molecule has 3 heteroatoms. The average Bonchev–Trinajstić information content (AvgIpc) is 2.74. The zero-order valence-corrected chi connectivity index (χ0v) is 17.3. The third-order valence-corrected chi connectivity index (χ3v) is 6.42. The molecule has 0 saturated heterocycles. The Morgan fingerprint density at radius 2 is 1.68 bits per heavy atom. The van der Waals surface area contributed by atoms with E-state index in [0.717, 1.165) is 23.5 Å². The van der Waals surface area contributed by atoms with Gasteiger partial charge in [-0.05, 0) is 66.7 Å². The van der Waals surface area contributed by atoms with E-state index in [1.165, 1.54) is 56.9 Å². The lowest BCUT2D eigenvalue weighted by Gasteiger charge is -2.29. The molecular weight excluding hydrogens is 346 g/mol. The molecule has 0 radical (unpaired) electrons. The number of aryl methyl sites for hydroxylation is 1. The van der Waals surface area contributed by atoms with Crippen LogP contribution < -0.4 is 0 Å². The summed E-state index contributed by atoms with van der Waals surface area (Å²) in [5.41, 5.74) is 4.26. The molecule has 2 aromatic rings. The van der Waals surface area contributed by atoms with Gasteiger partial charge in [0.15, 0.2) is 0 Å². The zero-order valence-electron chi connectivity index (χ0n) is 17.3. The Morgan fingerprint density at radius 3 is 2.29 bits per heavy atom. The van der Waals surface area contributed by atoms with Crippen molar-refractivity contribution in [2.75, 3.05) is 0 Å². The Labute approximate surface area is 169 Å². The van der Waals surface area contributed by atoms with Gasteiger partial charge in [0.2, 0.25) is 0 Å². The Hall–Kier alpha value is -2.16. The molecule has 0 atom stereocenters. The first-order chi connectivity index (χ1) is 13.6. The number of nitro groups is 1. The molecule has 2 aromatic carbocycles. The van der Waals surface area contributed by atoms with Crippen LogP contribution in [0.4, 0.5) is 5.69 Å². The van der Waals surface area contributed by atoms with Gasteiger partial charge in [0.25, 0.3) is 5.69 Å². The second kappa shape index (κ2) is 9.86. The first kappa shape index (κ1) is 20.6. The molecule has 3 rings (SSSR count). The standard InChI is InChI=1S/C25H33NO2/c1-3-5-6-7-20-8-11-21(12-9-20)22-13-15-23(16-14-22)24-17-10-19(4-2)18-25(24)26(27)28/h10,13-18,20-21H,3-9,11-12H2,1-2H3. The summed E-state index contributed by atoms with van der Waals surface area (Å²) in [5, 5.41) is 11.5. The highest BCUT2D eigenvalue weighted by atomic mass is 16.6. The number of hydrogen-bond donors (Lipinski definition) is 0. The summed E-state index contributed by atoms with van der Waals surface area (Å²) in [6.07, 6.45) is 11.5. The molecular formula is C25H33NO2. The van der Waals surface area contributed by atoms with Crippen molar-refractivity contribution in [3.63, 3.8) is 0 Å². The minimum absolute atomic E-state index is 0.208. The van der Waals surface area contributed by atoms with E-state index in [1.807, 2.05) is 19.1 Å². The molecule has 3 nitrogen and oxygen atoms in total. The lowest BCUT2D eigenvalue weighted by molar-refractivity contribution is -0.384. The van der Waals surface area contributed by atoms with Gasteiger partial charge in [-0.1, -0.05) is 69.9 Å². The van der Waals surface area contributed by atoms with Crippen LogP contribution in [0, 0.1) is 16.0 Å². The molecule has 1 fully saturated rings. The third-order valence-electron chi connectivity index (χ3n) is 6.42. The van der Waals surface area contributed by atoms with Gasteiger partial charge in [0.1, 0.15) is 0 Å². The fourth-order valence-corrected chi connectivity index (χ4v) is 4.59. The van der Waals surface area contributed by atoms with Gasteiger partial charge >= 0.3 is 0 Å². The summed E-state index contributed by atoms with van der Waals surface area (Å²) in [7, 11) is 0. The van der Waals surface area contributed by atoms with Crippen LogP contribution in [-0.2, 0) is 6.42 Å². The highest BCUT2D eigenvalue weighted by molar-refractivity contribution is 5.74. The van der Waals surface area contributed by atoms with E-state index in [4.69, 9.17) is 0 Å². The first-order valence-electron chi connectivity index (χ1n) is 11.0. The maximum absolute atomic E-state index is 11.5. The molecule has 150 valence electrons. The van der Waals surface area contributed by atoms with Crippen LogP contribution >= 0.6 is 0 Å². The van der Waals surface area contributed by atoms with Crippen molar-refractivity contribution in [1.82, 2.24) is 0 Å². The highest BCUT2D eigenvalue weighted by Crippen LogP contribution is 2.39. The van der Waals surface area contributed by atoms with Crippen molar-refractivity contribution in [2.24, 2.45) is 5.92 Å². The van der Waals surface area contributed by atoms with Crippen molar-refractivity contribution in [2.45, 2.75) is 77.6 Å². The number of rotatable bonds is 8. The lowest BCUT2D eigenvalue weighted by atomic mass is 9.77. The smallest absolute Gasteiger partial charge is 0.258 e. The summed E-state index contributed by atoms with van der Waals surface area (Å²) in [4.78, 5) is 11.2. The van der Waals surface area contributed by atoms with Gasteiger partial charge in [-0.2, -0.15) is 0 Å². The Kier molecular flexibility index (Phi) is 7.24. The predicted molar refractivity (Wildman–Crippen MR) is 117 cm³/mol. The molecule has 0 aliphatic heterocycles. The largest absolute Gasteiger partial charge is 0.277 e. The van der Waals surface area contributed by atoms with Crippen LogP contribution in [-0.4, -0.2) is 4.92 Å². The minimum Gasteiger partial charge on any atom is -0.258 e. The van der Waals surface area contributed by atoms with Gasteiger partial charge in [-0.3, -0.25) is 10.1 Å². The second-order valence-corrected chi connectivity index (χ2v) is 8.30. The fourth-order valence-electron chi connectivity index (χ4n) is 4.59. The van der Waals surface area contributed by atoms with E-state index in [1.54, 1.807) is 6.07 Å². The van der Waals surface area contributed by atoms with E-state index in [2.05, 4.69) is 31.2 Å². The van der Waals surface area contributed by atoms with Crippen LogP contribution in [0.15, 0.2) is 42.5 Å². The molecule has 0 unspecified atom stereocenters. The Morgan fingerprint density at radius 1 is 0.964 bits per heavy atom. The van der Waals surface area contributed by atoms with E-state index >= 15 is 0 Å². The van der Waals surface area contributed by atoms with Crippen molar-refractivity contribution in [3.8, 4) is 11.1 Å². The van der Waals surface area contributed by atoms with Gasteiger partial charge < -0.3 is 0 Å². The Bertz CT molecular complexity index is 774. The van der Waals surface area contributed by atoms with Crippen LogP contribution in [0.5, 0.6) is 0 Å². The van der Waals surface area contributed by atoms with Gasteiger partial charge in [0, 0.05) is 6.07 Å². The van der Waals surface area contributed by atoms with E-state index < -0.39 is 0 Å². The van der Waals surface area contributed by atoms with Gasteiger partial charge in [0.05, 0.1) is 10.5 Å². The molecule has 1 aliphatic carbocycles. The van der Waals surface area contributed by atoms with E-state index in [9.17, 15) is 10.1 Å². The molecule has 1 aliphatic rings. The summed E-state index contributed by atoms with van der Waals surface area (Å²) in [5.74, 6) is 1.57. The predicted octanol–water partition coefficient (Wildman–Crippen LogP) is 7.68. The lowest BCUT2D eigenvalue weighted by Crippen LogP contribution is -2.13.